The van der Waals surface area contributed by atoms with Gasteiger partial charge in [-0.1, -0.05) is 0 Å². The second-order valence-electron chi connectivity index (χ2n) is 5.70. The van der Waals surface area contributed by atoms with Crippen LogP contribution in [0.25, 0.3) is 0 Å². The highest BCUT2D eigenvalue weighted by Gasteiger charge is 2.47. The first-order valence-corrected chi connectivity index (χ1v) is 7.42. The molecule has 2 aromatic heterocycles. The molecular formula is C15H17N5O2. The second kappa shape index (κ2) is 5.49. The molecule has 2 saturated heterocycles. The van der Waals surface area contributed by atoms with Gasteiger partial charge in [0.1, 0.15) is 11.9 Å². The molecule has 0 radical (unpaired) electrons. The summed E-state index contributed by atoms with van der Waals surface area (Å²) in [5.41, 5.74) is -0.156. The monoisotopic (exact) mass is 299 g/mol. The van der Waals surface area contributed by atoms with Crippen molar-refractivity contribution in [3.8, 4) is 6.01 Å². The molecule has 2 aliphatic rings. The summed E-state index contributed by atoms with van der Waals surface area (Å²) in [6.07, 6.45) is 10.4. The first-order chi connectivity index (χ1) is 10.8. The van der Waals surface area contributed by atoms with E-state index in [1.165, 1.54) is 0 Å². The minimum Gasteiger partial charge on any atom is -0.458 e. The quantitative estimate of drug-likeness (QED) is 0.839. The minimum absolute atomic E-state index is 0.00390. The van der Waals surface area contributed by atoms with Gasteiger partial charge >= 0.3 is 6.01 Å². The van der Waals surface area contributed by atoms with E-state index in [9.17, 15) is 0 Å². The van der Waals surface area contributed by atoms with Gasteiger partial charge in [-0.2, -0.15) is 0 Å². The van der Waals surface area contributed by atoms with Crippen LogP contribution >= 0.6 is 0 Å². The van der Waals surface area contributed by atoms with Crippen LogP contribution in [0.5, 0.6) is 6.01 Å². The molecule has 2 atom stereocenters. The first kappa shape index (κ1) is 13.4. The maximum Gasteiger partial charge on any atom is 0.316 e. The molecule has 22 heavy (non-hydrogen) atoms. The Hall–Kier alpha value is -2.28. The third kappa shape index (κ3) is 2.59. The third-order valence-electron chi connectivity index (χ3n) is 4.18. The molecule has 0 amide bonds. The topological polar surface area (TPSA) is 73.3 Å². The van der Waals surface area contributed by atoms with Crippen molar-refractivity contribution >= 4 is 5.82 Å². The van der Waals surface area contributed by atoms with E-state index in [-0.39, 0.29) is 11.7 Å². The standard InChI is InChI=1S/C15H17N5O2/c1-3-18-14(19-4-1)22-12-8-15(21-10-12)2-7-20(11-15)13-9-16-5-6-17-13/h1,3-6,9,12H,2,7-8,10-11H2/t12-,15-/m1/s1. The lowest BCUT2D eigenvalue weighted by molar-refractivity contribution is 0.0192. The lowest BCUT2D eigenvalue weighted by atomic mass is 9.98. The number of hydrogen-bond acceptors (Lipinski definition) is 7. The zero-order chi connectivity index (χ0) is 14.8. The Morgan fingerprint density at radius 1 is 1.18 bits per heavy atom. The van der Waals surface area contributed by atoms with Gasteiger partial charge in [0.15, 0.2) is 0 Å². The number of rotatable bonds is 3. The molecule has 4 heterocycles. The van der Waals surface area contributed by atoms with E-state index in [1.54, 1.807) is 37.1 Å². The Morgan fingerprint density at radius 3 is 2.91 bits per heavy atom. The van der Waals surface area contributed by atoms with E-state index in [2.05, 4.69) is 24.8 Å². The van der Waals surface area contributed by atoms with Gasteiger partial charge in [-0.15, -0.1) is 0 Å². The van der Waals surface area contributed by atoms with Crippen molar-refractivity contribution in [1.82, 2.24) is 19.9 Å². The van der Waals surface area contributed by atoms with Crippen LogP contribution in [0.1, 0.15) is 12.8 Å². The number of hydrogen-bond donors (Lipinski definition) is 0. The molecule has 0 saturated carbocycles. The molecular weight excluding hydrogens is 282 g/mol. The minimum atomic E-state index is -0.156. The van der Waals surface area contributed by atoms with E-state index in [4.69, 9.17) is 9.47 Å². The normalized spacial score (nSPS) is 27.5. The van der Waals surface area contributed by atoms with Crippen LogP contribution in [-0.4, -0.2) is 51.3 Å². The van der Waals surface area contributed by atoms with Crippen LogP contribution in [0.15, 0.2) is 37.1 Å². The molecule has 114 valence electrons. The van der Waals surface area contributed by atoms with Crippen molar-refractivity contribution in [3.63, 3.8) is 0 Å². The van der Waals surface area contributed by atoms with Crippen LogP contribution in [0.3, 0.4) is 0 Å². The van der Waals surface area contributed by atoms with Crippen molar-refractivity contribution in [3.05, 3.63) is 37.1 Å². The summed E-state index contributed by atoms with van der Waals surface area (Å²) < 4.78 is 11.9. The summed E-state index contributed by atoms with van der Waals surface area (Å²) in [4.78, 5) is 18.9. The molecule has 2 fully saturated rings. The highest BCUT2D eigenvalue weighted by atomic mass is 16.6. The van der Waals surface area contributed by atoms with E-state index in [0.29, 0.717) is 12.6 Å². The van der Waals surface area contributed by atoms with Crippen molar-refractivity contribution < 1.29 is 9.47 Å². The predicted octanol–water partition coefficient (Wildman–Crippen LogP) is 1.08. The molecule has 7 nitrogen and oxygen atoms in total. The van der Waals surface area contributed by atoms with Gasteiger partial charge < -0.3 is 14.4 Å². The summed E-state index contributed by atoms with van der Waals surface area (Å²) in [6.45, 7) is 2.32. The fraction of sp³-hybridized carbons (Fsp3) is 0.467. The van der Waals surface area contributed by atoms with E-state index >= 15 is 0 Å². The van der Waals surface area contributed by atoms with Gasteiger partial charge in [-0.3, -0.25) is 4.98 Å². The fourth-order valence-electron chi connectivity index (χ4n) is 3.15. The Kier molecular flexibility index (Phi) is 3.34. The Labute approximate surface area is 128 Å². The highest BCUT2D eigenvalue weighted by Crippen LogP contribution is 2.37. The lowest BCUT2D eigenvalue weighted by Gasteiger charge is -2.23. The number of nitrogens with zero attached hydrogens (tertiary/aromatic N) is 5. The lowest BCUT2D eigenvalue weighted by Crippen LogP contribution is -2.33. The largest absolute Gasteiger partial charge is 0.458 e. The zero-order valence-electron chi connectivity index (χ0n) is 12.1. The summed E-state index contributed by atoms with van der Waals surface area (Å²) in [7, 11) is 0. The van der Waals surface area contributed by atoms with Gasteiger partial charge in [0.2, 0.25) is 0 Å². The molecule has 0 bridgehead atoms. The molecule has 2 aliphatic heterocycles. The molecule has 1 spiro atoms. The summed E-state index contributed by atoms with van der Waals surface area (Å²) >= 11 is 0. The van der Waals surface area contributed by atoms with Crippen LogP contribution in [0.2, 0.25) is 0 Å². The molecule has 0 aromatic carbocycles. The van der Waals surface area contributed by atoms with Crippen LogP contribution < -0.4 is 9.64 Å². The summed E-state index contributed by atoms with van der Waals surface area (Å²) in [5, 5.41) is 0. The molecule has 0 N–H and O–H groups in total. The van der Waals surface area contributed by atoms with Gasteiger partial charge in [0.05, 0.1) is 18.4 Å². The van der Waals surface area contributed by atoms with E-state index < -0.39 is 0 Å². The van der Waals surface area contributed by atoms with Gasteiger partial charge in [0.25, 0.3) is 0 Å². The highest BCUT2D eigenvalue weighted by molar-refractivity contribution is 5.38. The summed E-state index contributed by atoms with van der Waals surface area (Å²) in [5.74, 6) is 0.902. The average Bonchev–Trinajstić information content (AvgIpc) is 3.17. The Bertz CT molecular complexity index is 626. The van der Waals surface area contributed by atoms with Gasteiger partial charge in [0, 0.05) is 44.3 Å². The smallest absolute Gasteiger partial charge is 0.316 e. The van der Waals surface area contributed by atoms with E-state index in [0.717, 1.165) is 31.7 Å². The van der Waals surface area contributed by atoms with Crippen molar-refractivity contribution in [1.29, 1.82) is 0 Å². The molecule has 7 heteroatoms. The number of aromatic nitrogens is 4. The average molecular weight is 299 g/mol. The molecule has 2 aromatic rings. The van der Waals surface area contributed by atoms with Gasteiger partial charge in [-0.25, -0.2) is 15.0 Å². The molecule has 4 rings (SSSR count). The maximum absolute atomic E-state index is 6.07. The fourth-order valence-corrected chi connectivity index (χ4v) is 3.15. The van der Waals surface area contributed by atoms with Crippen molar-refractivity contribution in [2.24, 2.45) is 0 Å². The number of anilines is 1. The Balaban J connectivity index is 1.40. The van der Waals surface area contributed by atoms with Crippen molar-refractivity contribution in [2.75, 3.05) is 24.6 Å². The zero-order valence-corrected chi connectivity index (χ0v) is 12.1. The second-order valence-corrected chi connectivity index (χ2v) is 5.70. The number of ether oxygens (including phenoxy) is 2. The van der Waals surface area contributed by atoms with Crippen LogP contribution in [0, 0.1) is 0 Å². The van der Waals surface area contributed by atoms with Crippen LogP contribution in [-0.2, 0) is 4.74 Å². The molecule has 0 unspecified atom stereocenters. The Morgan fingerprint density at radius 2 is 2.09 bits per heavy atom. The third-order valence-corrected chi connectivity index (χ3v) is 4.18. The predicted molar refractivity (Wildman–Crippen MR) is 78.6 cm³/mol. The van der Waals surface area contributed by atoms with Gasteiger partial charge in [-0.05, 0) is 12.5 Å². The first-order valence-electron chi connectivity index (χ1n) is 7.42. The van der Waals surface area contributed by atoms with E-state index in [1.807, 2.05) is 0 Å². The SMILES string of the molecule is c1cnc(O[C@H]2CO[C@]3(CCN(c4cnccn4)C3)C2)nc1. The summed E-state index contributed by atoms with van der Waals surface area (Å²) in [6, 6.07) is 2.19. The van der Waals surface area contributed by atoms with Crippen LogP contribution in [0.4, 0.5) is 5.82 Å². The molecule has 0 aliphatic carbocycles. The van der Waals surface area contributed by atoms with Crippen molar-refractivity contribution in [2.45, 2.75) is 24.5 Å². The maximum atomic E-state index is 6.07.